The Morgan fingerprint density at radius 2 is 1.81 bits per heavy atom. The molecule has 0 atom stereocenters. The van der Waals surface area contributed by atoms with Crippen LogP contribution in [0.25, 0.3) is 0 Å². The van der Waals surface area contributed by atoms with E-state index in [1.165, 1.54) is 23.1 Å². The van der Waals surface area contributed by atoms with Crippen LogP contribution in [0.4, 0.5) is 17.2 Å². The van der Waals surface area contributed by atoms with Crippen molar-refractivity contribution in [2.75, 3.05) is 30.8 Å². The van der Waals surface area contributed by atoms with Crippen molar-refractivity contribution < 1.29 is 14.5 Å². The molecule has 0 aliphatic heterocycles. The van der Waals surface area contributed by atoms with Crippen LogP contribution in [0.15, 0.2) is 47.1 Å². The van der Waals surface area contributed by atoms with Gasteiger partial charge in [-0.15, -0.1) is 0 Å². The van der Waals surface area contributed by atoms with Gasteiger partial charge in [-0.05, 0) is 41.2 Å². The van der Waals surface area contributed by atoms with E-state index in [-0.39, 0.29) is 30.4 Å². The fraction of sp³-hybridized carbons (Fsp3) is 0.188. The van der Waals surface area contributed by atoms with E-state index in [1.54, 1.807) is 31.4 Å². The monoisotopic (exact) mass is 421 g/mol. The molecule has 2 aromatic rings. The summed E-state index contributed by atoms with van der Waals surface area (Å²) in [5.41, 5.74) is -0.0815. The number of hydrogen-bond donors (Lipinski definition) is 2. The summed E-state index contributed by atoms with van der Waals surface area (Å²) in [6, 6.07) is 9.24. The Bertz CT molecular complexity index is 813. The average Bonchev–Trinajstić information content (AvgIpc) is 2.56. The lowest BCUT2D eigenvalue weighted by Gasteiger charge is -2.15. The fourth-order valence-corrected chi connectivity index (χ4v) is 2.34. The van der Waals surface area contributed by atoms with E-state index in [4.69, 9.17) is 0 Å². The first-order chi connectivity index (χ1) is 12.3. The molecule has 0 radical (unpaired) electrons. The maximum atomic E-state index is 12.1. The van der Waals surface area contributed by atoms with Crippen molar-refractivity contribution in [2.45, 2.75) is 0 Å². The molecule has 136 valence electrons. The zero-order valence-electron chi connectivity index (χ0n) is 13.8. The average molecular weight is 422 g/mol. The Balaban J connectivity index is 1.86. The van der Waals surface area contributed by atoms with Crippen molar-refractivity contribution in [3.8, 4) is 0 Å². The van der Waals surface area contributed by atoms with E-state index in [2.05, 4.69) is 31.5 Å². The van der Waals surface area contributed by atoms with Crippen LogP contribution in [0.1, 0.15) is 0 Å². The molecule has 1 aromatic heterocycles. The molecule has 2 amide bonds. The van der Waals surface area contributed by atoms with Gasteiger partial charge < -0.3 is 10.6 Å². The molecule has 0 spiro atoms. The van der Waals surface area contributed by atoms with Crippen LogP contribution in [-0.4, -0.2) is 46.8 Å². The van der Waals surface area contributed by atoms with Crippen LogP contribution in [0.5, 0.6) is 0 Å². The van der Waals surface area contributed by atoms with Crippen LogP contribution < -0.4 is 10.6 Å². The van der Waals surface area contributed by atoms with Gasteiger partial charge in [0.1, 0.15) is 11.5 Å². The third-order valence-electron chi connectivity index (χ3n) is 3.20. The topological polar surface area (TPSA) is 117 Å². The number of carbonyl (C=O) groups is 2. The highest BCUT2D eigenvalue weighted by Crippen LogP contribution is 2.22. The molecule has 0 fully saturated rings. The summed E-state index contributed by atoms with van der Waals surface area (Å²) in [5.74, 6) is -0.395. The van der Waals surface area contributed by atoms with Gasteiger partial charge in [-0.3, -0.25) is 24.6 Å². The van der Waals surface area contributed by atoms with Crippen molar-refractivity contribution in [3.05, 3.63) is 57.2 Å². The quantitative estimate of drug-likeness (QED) is 0.522. The Hall–Kier alpha value is -2.85. The van der Waals surface area contributed by atoms with Crippen molar-refractivity contribution in [1.82, 2.24) is 9.88 Å². The van der Waals surface area contributed by atoms with Crippen molar-refractivity contribution in [1.29, 1.82) is 0 Å². The zero-order valence-corrected chi connectivity index (χ0v) is 15.4. The summed E-state index contributed by atoms with van der Waals surface area (Å²) >= 11 is 3.25. The van der Waals surface area contributed by atoms with E-state index in [9.17, 15) is 19.7 Å². The summed E-state index contributed by atoms with van der Waals surface area (Å²) < 4.78 is 0.791. The number of para-hydroxylation sites is 2. The number of nitrogens with zero attached hydrogens (tertiary/aromatic N) is 3. The highest BCUT2D eigenvalue weighted by atomic mass is 79.9. The number of halogens is 1. The van der Waals surface area contributed by atoms with E-state index >= 15 is 0 Å². The number of nitro benzene ring substituents is 1. The Kier molecular flexibility index (Phi) is 6.75. The molecule has 0 unspecified atom stereocenters. The van der Waals surface area contributed by atoms with E-state index < -0.39 is 10.8 Å². The van der Waals surface area contributed by atoms with E-state index in [0.717, 1.165) is 4.47 Å². The molecular formula is C16H16BrN5O4. The predicted octanol–water partition coefficient (Wildman–Crippen LogP) is 2.26. The highest BCUT2D eigenvalue weighted by Gasteiger charge is 2.16. The minimum atomic E-state index is -0.571. The lowest BCUT2D eigenvalue weighted by molar-refractivity contribution is -0.383. The number of nitrogens with one attached hydrogen (secondary N) is 2. The van der Waals surface area contributed by atoms with Crippen LogP contribution in [-0.2, 0) is 9.59 Å². The number of carbonyl (C=O) groups excluding carboxylic acids is 2. The van der Waals surface area contributed by atoms with Crippen LogP contribution in [0, 0.1) is 10.1 Å². The molecule has 0 saturated carbocycles. The lowest BCUT2D eigenvalue weighted by Crippen LogP contribution is -2.36. The first kappa shape index (κ1) is 19.5. The fourth-order valence-electron chi connectivity index (χ4n) is 2.11. The first-order valence-corrected chi connectivity index (χ1v) is 8.27. The number of aromatic nitrogens is 1. The summed E-state index contributed by atoms with van der Waals surface area (Å²) in [4.78, 5) is 39.9. The molecule has 0 aliphatic rings. The van der Waals surface area contributed by atoms with Gasteiger partial charge in [0.25, 0.3) is 5.69 Å². The van der Waals surface area contributed by atoms with Crippen molar-refractivity contribution >= 4 is 44.9 Å². The summed E-state index contributed by atoms with van der Waals surface area (Å²) in [5, 5.41) is 16.0. The lowest BCUT2D eigenvalue weighted by atomic mass is 10.2. The predicted molar refractivity (Wildman–Crippen MR) is 99.8 cm³/mol. The Morgan fingerprint density at radius 1 is 1.15 bits per heavy atom. The second-order valence-electron chi connectivity index (χ2n) is 5.40. The second-order valence-corrected chi connectivity index (χ2v) is 6.32. The molecule has 0 saturated heterocycles. The molecule has 2 rings (SSSR count). The van der Waals surface area contributed by atoms with Crippen LogP contribution in [0.3, 0.4) is 0 Å². The number of anilines is 2. The number of likely N-dealkylation sites (N-methyl/N-ethyl adjacent to an activating group) is 1. The highest BCUT2D eigenvalue weighted by molar-refractivity contribution is 9.10. The molecule has 0 bridgehead atoms. The molecule has 0 aliphatic carbocycles. The number of pyridine rings is 1. The standard InChI is InChI=1S/C16H16BrN5O4/c1-21(10-16(24)20-14-7-6-11(17)8-18-14)9-15(23)19-12-4-2-3-5-13(12)22(25)26/h2-8H,9-10H2,1H3,(H,19,23)(H,18,20,24). The summed E-state index contributed by atoms with van der Waals surface area (Å²) in [6.45, 7) is -0.144. The number of hydrogen-bond acceptors (Lipinski definition) is 6. The van der Waals surface area contributed by atoms with Crippen LogP contribution in [0.2, 0.25) is 0 Å². The smallest absolute Gasteiger partial charge is 0.292 e. The minimum Gasteiger partial charge on any atom is -0.319 e. The molecule has 1 heterocycles. The van der Waals surface area contributed by atoms with Crippen molar-refractivity contribution in [3.63, 3.8) is 0 Å². The SMILES string of the molecule is CN(CC(=O)Nc1ccc(Br)cn1)CC(=O)Nc1ccccc1[N+](=O)[O-]. The van der Waals surface area contributed by atoms with Gasteiger partial charge in [0, 0.05) is 16.7 Å². The zero-order chi connectivity index (χ0) is 19.1. The maximum absolute atomic E-state index is 12.1. The van der Waals surface area contributed by atoms with E-state index in [1.807, 2.05) is 0 Å². The second kappa shape index (κ2) is 9.02. The van der Waals surface area contributed by atoms with Crippen molar-refractivity contribution in [2.24, 2.45) is 0 Å². The molecule has 26 heavy (non-hydrogen) atoms. The minimum absolute atomic E-state index is 0.0396. The number of amides is 2. The van der Waals surface area contributed by atoms with E-state index in [0.29, 0.717) is 5.82 Å². The molecule has 2 N–H and O–H groups in total. The molecule has 10 heteroatoms. The number of nitro groups is 1. The van der Waals surface area contributed by atoms with Gasteiger partial charge in [0.05, 0.1) is 18.0 Å². The normalized spacial score (nSPS) is 10.4. The molecule has 1 aromatic carbocycles. The van der Waals surface area contributed by atoms with Gasteiger partial charge >= 0.3 is 0 Å². The summed E-state index contributed by atoms with van der Waals surface area (Å²) in [6.07, 6.45) is 1.56. The third kappa shape index (κ3) is 5.90. The maximum Gasteiger partial charge on any atom is 0.292 e. The first-order valence-electron chi connectivity index (χ1n) is 7.48. The van der Waals surface area contributed by atoms with Gasteiger partial charge in [0.2, 0.25) is 11.8 Å². The van der Waals surface area contributed by atoms with Gasteiger partial charge in [-0.2, -0.15) is 0 Å². The number of rotatable bonds is 7. The third-order valence-corrected chi connectivity index (χ3v) is 3.67. The van der Waals surface area contributed by atoms with Gasteiger partial charge in [-0.1, -0.05) is 12.1 Å². The Morgan fingerprint density at radius 3 is 2.42 bits per heavy atom. The van der Waals surface area contributed by atoms with Gasteiger partial charge in [0.15, 0.2) is 0 Å². The largest absolute Gasteiger partial charge is 0.319 e. The molecular weight excluding hydrogens is 406 g/mol. The van der Waals surface area contributed by atoms with Crippen LogP contribution >= 0.6 is 15.9 Å². The number of benzene rings is 1. The molecule has 9 nitrogen and oxygen atoms in total. The van der Waals surface area contributed by atoms with Gasteiger partial charge in [-0.25, -0.2) is 4.98 Å². The Labute approximate surface area is 157 Å². The summed E-state index contributed by atoms with van der Waals surface area (Å²) in [7, 11) is 1.59.